The molecule has 0 aliphatic rings. The molecule has 0 saturated carbocycles. The summed E-state index contributed by atoms with van der Waals surface area (Å²) in [5.74, 6) is -0.0237. The van der Waals surface area contributed by atoms with Gasteiger partial charge in [-0.25, -0.2) is 9.18 Å². The van der Waals surface area contributed by atoms with Crippen molar-refractivity contribution in [2.45, 2.75) is 13.5 Å². The van der Waals surface area contributed by atoms with E-state index in [4.69, 9.17) is 4.52 Å². The first kappa shape index (κ1) is 12.1. The number of urea groups is 1. The molecule has 18 heavy (non-hydrogen) atoms. The topological polar surface area (TPSA) is 67.2 Å². The van der Waals surface area contributed by atoms with Crippen molar-refractivity contribution in [3.05, 3.63) is 47.4 Å². The number of anilines is 1. The lowest BCUT2D eigenvalue weighted by atomic mass is 10.2. The van der Waals surface area contributed by atoms with Crippen LogP contribution in [-0.2, 0) is 6.54 Å². The first-order valence-corrected chi connectivity index (χ1v) is 5.36. The number of halogens is 1. The van der Waals surface area contributed by atoms with E-state index in [1.54, 1.807) is 25.1 Å². The minimum Gasteiger partial charge on any atom is -0.338 e. The van der Waals surface area contributed by atoms with Crippen LogP contribution in [0.4, 0.5) is 15.1 Å². The Bertz CT molecular complexity index is 537. The predicted octanol–water partition coefficient (Wildman–Crippen LogP) is 2.44. The number of hydrogen-bond acceptors (Lipinski definition) is 3. The van der Waals surface area contributed by atoms with Gasteiger partial charge in [-0.3, -0.25) is 5.32 Å². The number of hydrogen-bond donors (Lipinski definition) is 2. The molecule has 0 atom stereocenters. The van der Waals surface area contributed by atoms with E-state index >= 15 is 0 Å². The van der Waals surface area contributed by atoms with Crippen molar-refractivity contribution in [3.63, 3.8) is 0 Å². The molecule has 0 unspecified atom stereocenters. The number of aromatic nitrogens is 1. The van der Waals surface area contributed by atoms with Crippen molar-refractivity contribution in [2.24, 2.45) is 0 Å². The second kappa shape index (κ2) is 5.31. The van der Waals surface area contributed by atoms with Crippen molar-refractivity contribution in [1.29, 1.82) is 0 Å². The summed E-state index contributed by atoms with van der Waals surface area (Å²) in [5.41, 5.74) is 1.49. The van der Waals surface area contributed by atoms with Gasteiger partial charge in [0.1, 0.15) is 5.82 Å². The molecule has 0 radical (unpaired) electrons. The number of aryl methyl sites for hydroxylation is 1. The van der Waals surface area contributed by atoms with E-state index in [0.717, 1.165) is 5.56 Å². The van der Waals surface area contributed by atoms with Gasteiger partial charge >= 0.3 is 6.03 Å². The molecule has 1 aromatic heterocycles. The third-order valence-electron chi connectivity index (χ3n) is 2.23. The van der Waals surface area contributed by atoms with E-state index in [1.807, 2.05) is 0 Å². The van der Waals surface area contributed by atoms with E-state index in [1.165, 1.54) is 12.1 Å². The maximum Gasteiger partial charge on any atom is 0.321 e. The Kier molecular flexibility index (Phi) is 3.57. The van der Waals surface area contributed by atoms with Crippen LogP contribution in [0.5, 0.6) is 0 Å². The molecule has 5 nitrogen and oxygen atoms in total. The van der Waals surface area contributed by atoms with Crippen LogP contribution in [0.3, 0.4) is 0 Å². The predicted molar refractivity (Wildman–Crippen MR) is 63.5 cm³/mol. The molecular weight excluding hydrogens is 237 g/mol. The zero-order chi connectivity index (χ0) is 13.0. The summed E-state index contributed by atoms with van der Waals surface area (Å²) in [6.07, 6.45) is 0. The van der Waals surface area contributed by atoms with E-state index in [-0.39, 0.29) is 11.7 Å². The van der Waals surface area contributed by atoms with Crippen molar-refractivity contribution in [1.82, 2.24) is 10.5 Å². The number of amides is 2. The van der Waals surface area contributed by atoms with E-state index in [2.05, 4.69) is 15.8 Å². The van der Waals surface area contributed by atoms with Crippen LogP contribution in [0, 0.1) is 12.7 Å². The van der Waals surface area contributed by atoms with E-state index in [0.29, 0.717) is 12.2 Å². The van der Waals surface area contributed by atoms with Crippen LogP contribution in [0.15, 0.2) is 34.9 Å². The standard InChI is InChI=1S/C12H12FN3O2/c1-8-6-11(18-16-8)15-12(17)14-7-9-2-4-10(13)5-3-9/h2-6H,7H2,1H3,(H2,14,15,17). The molecule has 2 aromatic rings. The van der Waals surface area contributed by atoms with Crippen molar-refractivity contribution in [3.8, 4) is 0 Å². The Morgan fingerprint density at radius 2 is 2.11 bits per heavy atom. The normalized spacial score (nSPS) is 10.1. The Hall–Kier alpha value is -2.37. The molecule has 0 aliphatic carbocycles. The third kappa shape index (κ3) is 3.31. The Balaban J connectivity index is 1.83. The SMILES string of the molecule is Cc1cc(NC(=O)NCc2ccc(F)cc2)on1. The number of benzene rings is 1. The zero-order valence-electron chi connectivity index (χ0n) is 9.74. The average Bonchev–Trinajstić information content (AvgIpc) is 2.74. The first-order chi connectivity index (χ1) is 8.63. The van der Waals surface area contributed by atoms with Crippen LogP contribution in [0.25, 0.3) is 0 Å². The lowest BCUT2D eigenvalue weighted by molar-refractivity contribution is 0.251. The van der Waals surface area contributed by atoms with Gasteiger partial charge in [0.15, 0.2) is 0 Å². The smallest absolute Gasteiger partial charge is 0.321 e. The average molecular weight is 249 g/mol. The second-order valence-electron chi connectivity index (χ2n) is 3.77. The van der Waals surface area contributed by atoms with Gasteiger partial charge in [0.25, 0.3) is 0 Å². The quantitative estimate of drug-likeness (QED) is 0.877. The van der Waals surface area contributed by atoms with Gasteiger partial charge < -0.3 is 9.84 Å². The van der Waals surface area contributed by atoms with Crippen LogP contribution in [0.2, 0.25) is 0 Å². The molecule has 0 bridgehead atoms. The summed E-state index contributed by atoms with van der Waals surface area (Å²) in [4.78, 5) is 11.5. The number of carbonyl (C=O) groups excluding carboxylic acids is 1. The summed E-state index contributed by atoms with van der Waals surface area (Å²) in [7, 11) is 0. The van der Waals surface area contributed by atoms with Crippen molar-refractivity contribution < 1.29 is 13.7 Å². The summed E-state index contributed by atoms with van der Waals surface area (Å²) in [6.45, 7) is 2.06. The molecule has 2 rings (SSSR count). The molecule has 1 aromatic carbocycles. The molecule has 0 saturated heterocycles. The minimum atomic E-state index is -0.407. The maximum absolute atomic E-state index is 12.7. The lowest BCUT2D eigenvalue weighted by Crippen LogP contribution is -2.27. The fourth-order valence-electron chi connectivity index (χ4n) is 1.36. The molecule has 2 N–H and O–H groups in total. The maximum atomic E-state index is 12.7. The zero-order valence-corrected chi connectivity index (χ0v) is 9.74. The van der Waals surface area contributed by atoms with E-state index < -0.39 is 6.03 Å². The van der Waals surface area contributed by atoms with Gasteiger partial charge in [-0.2, -0.15) is 0 Å². The summed E-state index contributed by atoms with van der Waals surface area (Å²) >= 11 is 0. The van der Waals surface area contributed by atoms with Crippen LogP contribution < -0.4 is 10.6 Å². The number of rotatable bonds is 3. The number of nitrogens with zero attached hydrogens (tertiary/aromatic N) is 1. The van der Waals surface area contributed by atoms with Gasteiger partial charge in [-0.15, -0.1) is 0 Å². The highest BCUT2D eigenvalue weighted by Gasteiger charge is 2.05. The Morgan fingerprint density at radius 1 is 1.39 bits per heavy atom. The van der Waals surface area contributed by atoms with Gasteiger partial charge in [0.05, 0.1) is 5.69 Å². The Morgan fingerprint density at radius 3 is 2.72 bits per heavy atom. The summed E-state index contributed by atoms with van der Waals surface area (Å²) in [5, 5.41) is 8.75. The lowest BCUT2D eigenvalue weighted by Gasteiger charge is -2.04. The fraction of sp³-hybridized carbons (Fsp3) is 0.167. The minimum absolute atomic E-state index is 0.282. The first-order valence-electron chi connectivity index (χ1n) is 5.36. The number of carbonyl (C=O) groups is 1. The third-order valence-corrected chi connectivity index (χ3v) is 2.23. The van der Waals surface area contributed by atoms with Crippen molar-refractivity contribution in [2.75, 3.05) is 5.32 Å². The fourth-order valence-corrected chi connectivity index (χ4v) is 1.36. The van der Waals surface area contributed by atoms with Crippen LogP contribution >= 0.6 is 0 Å². The summed E-state index contributed by atoms with van der Waals surface area (Å²) < 4.78 is 17.5. The monoisotopic (exact) mass is 249 g/mol. The molecule has 2 amide bonds. The second-order valence-corrected chi connectivity index (χ2v) is 3.77. The molecule has 94 valence electrons. The number of nitrogens with one attached hydrogen (secondary N) is 2. The molecule has 0 fully saturated rings. The largest absolute Gasteiger partial charge is 0.338 e. The highest BCUT2D eigenvalue weighted by Crippen LogP contribution is 2.08. The highest BCUT2D eigenvalue weighted by molar-refractivity contribution is 5.87. The molecule has 0 aliphatic heterocycles. The van der Waals surface area contributed by atoms with Crippen LogP contribution in [-0.4, -0.2) is 11.2 Å². The van der Waals surface area contributed by atoms with Crippen molar-refractivity contribution >= 4 is 11.9 Å². The van der Waals surface area contributed by atoms with Gasteiger partial charge in [-0.05, 0) is 24.6 Å². The molecule has 1 heterocycles. The molecule has 0 spiro atoms. The highest BCUT2D eigenvalue weighted by atomic mass is 19.1. The Labute approximate surface area is 103 Å². The van der Waals surface area contributed by atoms with Gasteiger partial charge in [0, 0.05) is 12.6 Å². The van der Waals surface area contributed by atoms with Gasteiger partial charge in [-0.1, -0.05) is 17.3 Å². The molecule has 6 heteroatoms. The van der Waals surface area contributed by atoms with E-state index in [9.17, 15) is 9.18 Å². The van der Waals surface area contributed by atoms with Gasteiger partial charge in [0.2, 0.25) is 5.88 Å². The molecular formula is C12H12FN3O2. The van der Waals surface area contributed by atoms with Crippen LogP contribution in [0.1, 0.15) is 11.3 Å². The summed E-state index contributed by atoms with van der Waals surface area (Å²) in [6, 6.07) is 7.10.